The first-order valence-corrected chi connectivity index (χ1v) is 7.66. The number of benzene rings is 2. The minimum absolute atomic E-state index is 0.118. The van der Waals surface area contributed by atoms with Crippen LogP contribution in [-0.2, 0) is 0 Å². The first-order valence-electron chi connectivity index (χ1n) is 7.28. The lowest BCUT2D eigenvalue weighted by Crippen LogP contribution is -2.36. The first kappa shape index (κ1) is 18.2. The van der Waals surface area contributed by atoms with E-state index in [1.165, 1.54) is 24.3 Å². The van der Waals surface area contributed by atoms with Crippen molar-refractivity contribution in [3.05, 3.63) is 64.7 Å². The molecular weight excluding hydrogens is 336 g/mol. The fourth-order valence-corrected chi connectivity index (χ4v) is 2.44. The molecule has 2 amide bonds. The van der Waals surface area contributed by atoms with Gasteiger partial charge in [-0.05, 0) is 50.0 Å². The third-order valence-corrected chi connectivity index (χ3v) is 3.83. The van der Waals surface area contributed by atoms with Crippen molar-refractivity contribution in [1.82, 2.24) is 10.2 Å². The summed E-state index contributed by atoms with van der Waals surface area (Å²) in [6.07, 6.45) is 0. The summed E-state index contributed by atoms with van der Waals surface area (Å²) >= 11 is 5.87. The zero-order valence-electron chi connectivity index (χ0n) is 13.3. The number of urea groups is 1. The quantitative estimate of drug-likeness (QED) is 0.852. The Bertz CT molecular complexity index is 707. The molecule has 2 aromatic carbocycles. The molecule has 24 heavy (non-hydrogen) atoms. The summed E-state index contributed by atoms with van der Waals surface area (Å²) < 4.78 is 26.0. The van der Waals surface area contributed by atoms with E-state index in [0.717, 1.165) is 11.6 Å². The van der Waals surface area contributed by atoms with Gasteiger partial charge < -0.3 is 15.5 Å². The smallest absolute Gasteiger partial charge is 0.319 e. The van der Waals surface area contributed by atoms with Crippen LogP contribution in [0, 0.1) is 11.6 Å². The second-order valence-electron chi connectivity index (χ2n) is 5.49. The molecule has 0 heterocycles. The molecule has 1 atom stereocenters. The molecule has 2 rings (SSSR count). The highest BCUT2D eigenvalue weighted by molar-refractivity contribution is 6.33. The van der Waals surface area contributed by atoms with Crippen LogP contribution in [0.25, 0.3) is 0 Å². The van der Waals surface area contributed by atoms with Gasteiger partial charge in [-0.2, -0.15) is 0 Å². The van der Waals surface area contributed by atoms with Gasteiger partial charge in [0.25, 0.3) is 0 Å². The number of nitrogens with zero attached hydrogens (tertiary/aromatic N) is 1. The van der Waals surface area contributed by atoms with E-state index in [2.05, 4.69) is 10.6 Å². The van der Waals surface area contributed by atoms with Gasteiger partial charge in [-0.3, -0.25) is 0 Å². The molecule has 0 aliphatic heterocycles. The SMILES string of the molecule is CN(C)C(CNC(=O)Nc1ccc(F)cc1Cl)c1ccc(F)cc1. The number of rotatable bonds is 5. The molecule has 0 aromatic heterocycles. The molecule has 1 unspecified atom stereocenters. The van der Waals surface area contributed by atoms with Crippen LogP contribution in [0.3, 0.4) is 0 Å². The van der Waals surface area contributed by atoms with Gasteiger partial charge in [0.1, 0.15) is 11.6 Å². The van der Waals surface area contributed by atoms with Crippen molar-refractivity contribution < 1.29 is 13.6 Å². The Labute approximate surface area is 144 Å². The van der Waals surface area contributed by atoms with Crippen LogP contribution < -0.4 is 10.6 Å². The number of nitrogens with one attached hydrogen (secondary N) is 2. The molecule has 0 fully saturated rings. The zero-order chi connectivity index (χ0) is 17.7. The van der Waals surface area contributed by atoms with Gasteiger partial charge in [-0.1, -0.05) is 23.7 Å². The summed E-state index contributed by atoms with van der Waals surface area (Å²) in [6.45, 7) is 0.309. The maximum absolute atomic E-state index is 13.0. The van der Waals surface area contributed by atoms with Crippen LogP contribution in [-0.4, -0.2) is 31.6 Å². The lowest BCUT2D eigenvalue weighted by Gasteiger charge is -2.25. The maximum atomic E-state index is 13.0. The highest BCUT2D eigenvalue weighted by Gasteiger charge is 2.16. The highest BCUT2D eigenvalue weighted by atomic mass is 35.5. The molecular formula is C17H18ClF2N3O. The van der Waals surface area contributed by atoms with Gasteiger partial charge in [0.15, 0.2) is 0 Å². The van der Waals surface area contributed by atoms with Crippen LogP contribution in [0.4, 0.5) is 19.3 Å². The third kappa shape index (κ3) is 4.91. The molecule has 0 radical (unpaired) electrons. The number of carbonyl (C=O) groups is 1. The van der Waals surface area contributed by atoms with E-state index in [-0.39, 0.29) is 16.9 Å². The van der Waals surface area contributed by atoms with Gasteiger partial charge in [0.05, 0.1) is 16.8 Å². The molecule has 4 nitrogen and oxygen atoms in total. The van der Waals surface area contributed by atoms with E-state index in [1.807, 2.05) is 19.0 Å². The molecule has 0 aliphatic rings. The third-order valence-electron chi connectivity index (χ3n) is 3.51. The molecule has 7 heteroatoms. The van der Waals surface area contributed by atoms with Crippen LogP contribution in [0.5, 0.6) is 0 Å². The van der Waals surface area contributed by atoms with Crippen molar-refractivity contribution >= 4 is 23.3 Å². The fraction of sp³-hybridized carbons (Fsp3) is 0.235. The fourth-order valence-electron chi connectivity index (χ4n) is 2.23. The van der Waals surface area contributed by atoms with E-state index < -0.39 is 11.8 Å². The summed E-state index contributed by atoms with van der Waals surface area (Å²) in [6, 6.07) is 9.25. The summed E-state index contributed by atoms with van der Waals surface area (Å²) in [5, 5.41) is 5.41. The Kier molecular flexibility index (Phi) is 6.11. The van der Waals surface area contributed by atoms with Gasteiger partial charge >= 0.3 is 6.03 Å². The molecule has 0 bridgehead atoms. The minimum atomic E-state index is -0.477. The number of halogens is 3. The number of likely N-dealkylation sites (N-methyl/N-ethyl adjacent to an activating group) is 1. The van der Waals surface area contributed by atoms with Crippen molar-refractivity contribution in [2.45, 2.75) is 6.04 Å². The molecule has 2 aromatic rings. The monoisotopic (exact) mass is 353 g/mol. The standard InChI is InChI=1S/C17H18ClF2N3O/c1-23(2)16(11-3-5-12(19)6-4-11)10-21-17(24)22-15-8-7-13(20)9-14(15)18/h3-9,16H,10H2,1-2H3,(H2,21,22,24). The lowest BCUT2D eigenvalue weighted by atomic mass is 10.1. The zero-order valence-corrected chi connectivity index (χ0v) is 14.1. The van der Waals surface area contributed by atoms with Crippen LogP contribution >= 0.6 is 11.6 Å². The second kappa shape index (κ2) is 8.08. The number of hydrogen-bond donors (Lipinski definition) is 2. The molecule has 0 saturated heterocycles. The van der Waals surface area contributed by atoms with Gasteiger partial charge in [-0.15, -0.1) is 0 Å². The highest BCUT2D eigenvalue weighted by Crippen LogP contribution is 2.22. The van der Waals surface area contributed by atoms with Crippen LogP contribution in [0.2, 0.25) is 5.02 Å². The number of carbonyl (C=O) groups excluding carboxylic acids is 1. The second-order valence-corrected chi connectivity index (χ2v) is 5.90. The molecule has 0 aliphatic carbocycles. The van der Waals surface area contributed by atoms with Crippen molar-refractivity contribution in [2.24, 2.45) is 0 Å². The summed E-state index contributed by atoms with van der Waals surface area (Å²) in [7, 11) is 3.73. The average molecular weight is 354 g/mol. The number of anilines is 1. The first-order chi connectivity index (χ1) is 11.4. The van der Waals surface area contributed by atoms with Crippen molar-refractivity contribution in [1.29, 1.82) is 0 Å². The van der Waals surface area contributed by atoms with Gasteiger partial charge in [-0.25, -0.2) is 13.6 Å². The summed E-state index contributed by atoms with van der Waals surface area (Å²) in [5.41, 5.74) is 1.19. The number of hydrogen-bond acceptors (Lipinski definition) is 2. The summed E-state index contributed by atoms with van der Waals surface area (Å²) in [5.74, 6) is -0.789. The predicted molar refractivity (Wildman–Crippen MR) is 91.3 cm³/mol. The molecule has 0 spiro atoms. The Morgan fingerprint density at radius 3 is 2.33 bits per heavy atom. The topological polar surface area (TPSA) is 44.4 Å². The van der Waals surface area contributed by atoms with Crippen LogP contribution in [0.15, 0.2) is 42.5 Å². The van der Waals surface area contributed by atoms with E-state index in [0.29, 0.717) is 12.2 Å². The lowest BCUT2D eigenvalue weighted by molar-refractivity contribution is 0.243. The van der Waals surface area contributed by atoms with Crippen molar-refractivity contribution in [3.63, 3.8) is 0 Å². The summed E-state index contributed by atoms with van der Waals surface area (Å²) in [4.78, 5) is 13.9. The Morgan fingerprint density at radius 2 is 1.75 bits per heavy atom. The molecule has 2 N–H and O–H groups in total. The van der Waals surface area contributed by atoms with Crippen LogP contribution in [0.1, 0.15) is 11.6 Å². The van der Waals surface area contributed by atoms with Crippen molar-refractivity contribution in [2.75, 3.05) is 26.0 Å². The Hall–Kier alpha value is -2.18. The maximum Gasteiger partial charge on any atom is 0.319 e. The molecule has 128 valence electrons. The van der Waals surface area contributed by atoms with E-state index in [4.69, 9.17) is 11.6 Å². The Morgan fingerprint density at radius 1 is 1.12 bits per heavy atom. The van der Waals surface area contributed by atoms with E-state index >= 15 is 0 Å². The van der Waals surface area contributed by atoms with Crippen molar-refractivity contribution in [3.8, 4) is 0 Å². The average Bonchev–Trinajstić information content (AvgIpc) is 2.52. The largest absolute Gasteiger partial charge is 0.336 e. The van der Waals surface area contributed by atoms with E-state index in [1.54, 1.807) is 12.1 Å². The Balaban J connectivity index is 1.98. The normalized spacial score (nSPS) is 12.1. The minimum Gasteiger partial charge on any atom is -0.336 e. The van der Waals surface area contributed by atoms with E-state index in [9.17, 15) is 13.6 Å². The molecule has 0 saturated carbocycles. The number of amides is 2. The predicted octanol–water partition coefficient (Wildman–Crippen LogP) is 4.04. The van der Waals surface area contributed by atoms with Gasteiger partial charge in [0.2, 0.25) is 0 Å². The van der Waals surface area contributed by atoms with Gasteiger partial charge in [0, 0.05) is 6.54 Å².